The van der Waals surface area contributed by atoms with Gasteiger partial charge in [0.15, 0.2) is 0 Å². The normalized spacial score (nSPS) is 10.7. The zero-order valence-corrected chi connectivity index (χ0v) is 12.0. The zero-order chi connectivity index (χ0) is 13.9. The first-order valence-electron chi connectivity index (χ1n) is 6.54. The predicted molar refractivity (Wildman–Crippen MR) is 85.5 cm³/mol. The molecule has 3 aromatic carbocycles. The van der Waals surface area contributed by atoms with Crippen LogP contribution in [0.25, 0.3) is 21.9 Å². The molecule has 0 N–H and O–H groups in total. The van der Waals surface area contributed by atoms with Crippen LogP contribution in [0, 0.1) is 0 Å². The molecule has 0 radical (unpaired) electrons. The molecule has 1 nitrogen and oxygen atoms in total. The van der Waals surface area contributed by atoms with Crippen molar-refractivity contribution in [2.24, 2.45) is 0 Å². The van der Waals surface area contributed by atoms with Crippen molar-refractivity contribution in [3.05, 3.63) is 66.2 Å². The topological polar surface area (TPSA) is 9.23 Å². The third-order valence-electron chi connectivity index (χ3n) is 3.51. The average Bonchev–Trinajstić information content (AvgIpc) is 2.53. The highest BCUT2D eigenvalue weighted by molar-refractivity contribution is 6.17. The number of ether oxygens (including phenoxy) is 1. The second-order valence-corrected chi connectivity index (χ2v) is 4.96. The van der Waals surface area contributed by atoms with Crippen molar-refractivity contribution >= 4 is 22.4 Å². The zero-order valence-electron chi connectivity index (χ0n) is 11.3. The number of halogens is 1. The van der Waals surface area contributed by atoms with Crippen molar-refractivity contribution in [2.45, 2.75) is 5.88 Å². The Morgan fingerprint density at radius 1 is 0.900 bits per heavy atom. The van der Waals surface area contributed by atoms with Crippen LogP contribution in [0.5, 0.6) is 5.75 Å². The van der Waals surface area contributed by atoms with E-state index in [-0.39, 0.29) is 0 Å². The third kappa shape index (κ3) is 2.25. The van der Waals surface area contributed by atoms with Crippen LogP contribution in [0.2, 0.25) is 0 Å². The van der Waals surface area contributed by atoms with Gasteiger partial charge in [0, 0.05) is 11.4 Å². The lowest BCUT2D eigenvalue weighted by molar-refractivity contribution is 0.416. The molecule has 0 aliphatic carbocycles. The van der Waals surface area contributed by atoms with E-state index >= 15 is 0 Å². The van der Waals surface area contributed by atoms with E-state index in [1.165, 1.54) is 10.8 Å². The van der Waals surface area contributed by atoms with Crippen molar-refractivity contribution in [3.63, 3.8) is 0 Å². The summed E-state index contributed by atoms with van der Waals surface area (Å²) in [5.41, 5.74) is 3.30. The van der Waals surface area contributed by atoms with E-state index in [1.54, 1.807) is 7.11 Å². The average molecular weight is 283 g/mol. The van der Waals surface area contributed by atoms with Gasteiger partial charge < -0.3 is 4.74 Å². The molecule has 20 heavy (non-hydrogen) atoms. The highest BCUT2D eigenvalue weighted by Gasteiger charge is 2.11. The molecular formula is C18H15ClO. The lowest BCUT2D eigenvalue weighted by Gasteiger charge is -2.13. The minimum Gasteiger partial charge on any atom is -0.496 e. The minimum atomic E-state index is 0.472. The smallest absolute Gasteiger partial charge is 0.127 e. The molecule has 0 aliphatic heterocycles. The summed E-state index contributed by atoms with van der Waals surface area (Å²) in [5, 5.41) is 2.45. The lowest BCUT2D eigenvalue weighted by atomic mass is 9.97. The molecule has 0 amide bonds. The Bertz CT molecular complexity index is 727. The van der Waals surface area contributed by atoms with Crippen LogP contribution in [-0.4, -0.2) is 7.11 Å². The number of fused-ring (bicyclic) bond motifs is 1. The van der Waals surface area contributed by atoms with Crippen molar-refractivity contribution in [2.75, 3.05) is 7.11 Å². The maximum Gasteiger partial charge on any atom is 0.127 e. The number of hydrogen-bond donors (Lipinski definition) is 0. The van der Waals surface area contributed by atoms with E-state index in [9.17, 15) is 0 Å². The van der Waals surface area contributed by atoms with Crippen LogP contribution in [0.3, 0.4) is 0 Å². The Balaban J connectivity index is 2.24. The summed E-state index contributed by atoms with van der Waals surface area (Å²) < 4.78 is 5.50. The van der Waals surface area contributed by atoms with Crippen molar-refractivity contribution in [3.8, 4) is 16.9 Å². The van der Waals surface area contributed by atoms with Gasteiger partial charge in [-0.3, -0.25) is 0 Å². The largest absolute Gasteiger partial charge is 0.496 e. The Hall–Kier alpha value is -1.99. The number of hydrogen-bond acceptors (Lipinski definition) is 1. The first-order chi connectivity index (χ1) is 9.83. The molecule has 0 spiro atoms. The van der Waals surface area contributed by atoms with Gasteiger partial charge in [0.2, 0.25) is 0 Å². The third-order valence-corrected chi connectivity index (χ3v) is 3.80. The van der Waals surface area contributed by atoms with Gasteiger partial charge in [0.1, 0.15) is 5.75 Å². The monoisotopic (exact) mass is 282 g/mol. The standard InChI is InChI=1S/C18H15ClO/c1-20-17-8-4-7-16(12-19)18(17)15-10-9-13-5-2-3-6-14(13)11-15/h2-11H,12H2,1H3. The molecule has 0 aliphatic rings. The Morgan fingerprint density at radius 2 is 1.70 bits per heavy atom. The quantitative estimate of drug-likeness (QED) is 0.596. The molecule has 0 aromatic heterocycles. The fourth-order valence-corrected chi connectivity index (χ4v) is 2.75. The van der Waals surface area contributed by atoms with E-state index < -0.39 is 0 Å². The Labute approximate surface area is 123 Å². The molecule has 0 saturated carbocycles. The fraction of sp³-hybridized carbons (Fsp3) is 0.111. The van der Waals surface area contributed by atoms with Crippen LogP contribution < -0.4 is 4.74 Å². The van der Waals surface area contributed by atoms with Crippen molar-refractivity contribution < 1.29 is 4.74 Å². The van der Waals surface area contributed by atoms with Crippen LogP contribution in [0.4, 0.5) is 0 Å². The summed E-state index contributed by atoms with van der Waals surface area (Å²) in [6.45, 7) is 0. The van der Waals surface area contributed by atoms with E-state index in [2.05, 4.69) is 42.5 Å². The maximum atomic E-state index is 6.07. The van der Waals surface area contributed by atoms with Gasteiger partial charge in [0.25, 0.3) is 0 Å². The van der Waals surface area contributed by atoms with Gasteiger partial charge in [-0.15, -0.1) is 11.6 Å². The van der Waals surface area contributed by atoms with Crippen LogP contribution >= 0.6 is 11.6 Å². The van der Waals surface area contributed by atoms with Gasteiger partial charge in [0.05, 0.1) is 7.11 Å². The van der Waals surface area contributed by atoms with Crippen molar-refractivity contribution in [1.29, 1.82) is 0 Å². The summed E-state index contributed by atoms with van der Waals surface area (Å²) in [6.07, 6.45) is 0. The molecule has 0 heterocycles. The molecule has 3 rings (SSSR count). The summed E-state index contributed by atoms with van der Waals surface area (Å²) in [7, 11) is 1.69. The number of methoxy groups -OCH3 is 1. The van der Waals surface area contributed by atoms with Gasteiger partial charge >= 0.3 is 0 Å². The molecule has 2 heteroatoms. The van der Waals surface area contributed by atoms with Gasteiger partial charge in [-0.2, -0.15) is 0 Å². The molecule has 3 aromatic rings. The van der Waals surface area contributed by atoms with E-state index in [0.29, 0.717) is 5.88 Å². The van der Waals surface area contributed by atoms with E-state index in [4.69, 9.17) is 16.3 Å². The van der Waals surface area contributed by atoms with Crippen LogP contribution in [0.15, 0.2) is 60.7 Å². The molecule has 0 atom stereocenters. The highest BCUT2D eigenvalue weighted by Crippen LogP contribution is 2.35. The Morgan fingerprint density at radius 3 is 2.45 bits per heavy atom. The molecule has 0 unspecified atom stereocenters. The highest BCUT2D eigenvalue weighted by atomic mass is 35.5. The number of rotatable bonds is 3. The number of alkyl halides is 1. The van der Waals surface area contributed by atoms with Gasteiger partial charge in [-0.25, -0.2) is 0 Å². The Kier molecular flexibility index (Phi) is 3.62. The van der Waals surface area contributed by atoms with Crippen molar-refractivity contribution in [1.82, 2.24) is 0 Å². The second-order valence-electron chi connectivity index (χ2n) is 4.69. The summed E-state index contributed by atoms with van der Waals surface area (Å²) in [5.74, 6) is 1.33. The summed E-state index contributed by atoms with van der Waals surface area (Å²) in [4.78, 5) is 0. The molecule has 0 fully saturated rings. The summed E-state index contributed by atoms with van der Waals surface area (Å²) >= 11 is 6.07. The fourth-order valence-electron chi connectivity index (χ4n) is 2.53. The molecule has 0 saturated heterocycles. The first-order valence-corrected chi connectivity index (χ1v) is 7.08. The first kappa shape index (κ1) is 13.0. The molecule has 100 valence electrons. The minimum absolute atomic E-state index is 0.472. The second kappa shape index (κ2) is 5.56. The SMILES string of the molecule is COc1cccc(CCl)c1-c1ccc2ccccc2c1. The van der Waals surface area contributed by atoms with Crippen LogP contribution in [0.1, 0.15) is 5.56 Å². The van der Waals surface area contributed by atoms with Gasteiger partial charge in [-0.05, 0) is 34.0 Å². The van der Waals surface area contributed by atoms with Gasteiger partial charge in [-0.1, -0.05) is 48.5 Å². The van der Waals surface area contributed by atoms with E-state index in [0.717, 1.165) is 22.4 Å². The predicted octanol–water partition coefficient (Wildman–Crippen LogP) is 5.25. The molecule has 0 bridgehead atoms. The van der Waals surface area contributed by atoms with Crippen LogP contribution in [-0.2, 0) is 5.88 Å². The maximum absolute atomic E-state index is 6.07. The summed E-state index contributed by atoms with van der Waals surface area (Å²) in [6, 6.07) is 20.8. The number of benzene rings is 3. The molecular weight excluding hydrogens is 268 g/mol. The lowest BCUT2D eigenvalue weighted by Crippen LogP contribution is -1.92. The van der Waals surface area contributed by atoms with E-state index in [1.807, 2.05) is 18.2 Å².